The van der Waals surface area contributed by atoms with Gasteiger partial charge in [-0.05, 0) is 33.6 Å². The largest absolute Gasteiger partial charge is 0.470 e. The van der Waals surface area contributed by atoms with Crippen LogP contribution in [0.4, 0.5) is 0 Å². The van der Waals surface area contributed by atoms with Crippen LogP contribution in [0.15, 0.2) is 22.8 Å². The number of hydrogen-bond donors (Lipinski definition) is 0. The van der Waals surface area contributed by atoms with E-state index < -0.39 is 0 Å². The third-order valence-corrected chi connectivity index (χ3v) is 2.91. The Balaban J connectivity index is 1.99. The van der Waals surface area contributed by atoms with E-state index in [1.807, 2.05) is 12.1 Å². The minimum atomic E-state index is 0.327. The first-order chi connectivity index (χ1) is 7.24. The normalized spacial score (nSPS) is 10.3. The summed E-state index contributed by atoms with van der Waals surface area (Å²) in [6, 6.07) is 5.45. The van der Waals surface area contributed by atoms with Gasteiger partial charge in [0, 0.05) is 6.07 Å². The topological polar surface area (TPSA) is 47.9 Å². The van der Waals surface area contributed by atoms with Gasteiger partial charge in [-0.1, -0.05) is 17.4 Å². The summed E-state index contributed by atoms with van der Waals surface area (Å²) in [5.41, 5.74) is 0. The fraction of sp³-hybridized carbons (Fsp3) is 0.125. The molecule has 2 rings (SSSR count). The molecule has 0 N–H and O–H groups in total. The molecule has 2 aromatic rings. The highest BCUT2D eigenvalue weighted by Crippen LogP contribution is 2.17. The second-order valence-corrected chi connectivity index (χ2v) is 4.99. The van der Waals surface area contributed by atoms with Crippen molar-refractivity contribution in [3.63, 3.8) is 0 Å². The van der Waals surface area contributed by atoms with Crippen molar-refractivity contribution in [1.82, 2.24) is 15.2 Å². The Morgan fingerprint density at radius 1 is 1.40 bits per heavy atom. The van der Waals surface area contributed by atoms with Gasteiger partial charge in [-0.2, -0.15) is 0 Å². The van der Waals surface area contributed by atoms with Crippen molar-refractivity contribution in [2.75, 3.05) is 0 Å². The Bertz CT molecular complexity index is 465. The Morgan fingerprint density at radius 3 is 2.93 bits per heavy atom. The first-order valence-corrected chi connectivity index (χ1v) is 5.96. The molecule has 0 radical (unpaired) electrons. The van der Waals surface area contributed by atoms with E-state index in [0.29, 0.717) is 17.0 Å². The molecule has 15 heavy (non-hydrogen) atoms. The van der Waals surface area contributed by atoms with Crippen molar-refractivity contribution in [2.45, 2.75) is 6.61 Å². The SMILES string of the molecule is Clc1nnc(COc2cccc(Br)n2)s1. The molecule has 0 unspecified atom stereocenters. The predicted octanol–water partition coefficient (Wildman–Crippen LogP) is 2.93. The van der Waals surface area contributed by atoms with Gasteiger partial charge in [0.2, 0.25) is 10.3 Å². The zero-order valence-electron chi connectivity index (χ0n) is 7.35. The van der Waals surface area contributed by atoms with Crippen molar-refractivity contribution >= 4 is 38.9 Å². The van der Waals surface area contributed by atoms with Crippen LogP contribution in [0.1, 0.15) is 5.01 Å². The number of nitrogens with zero attached hydrogens (tertiary/aromatic N) is 3. The number of rotatable bonds is 3. The van der Waals surface area contributed by atoms with Crippen LogP contribution in [0.3, 0.4) is 0 Å². The van der Waals surface area contributed by atoms with Gasteiger partial charge in [0.25, 0.3) is 0 Å². The maximum Gasteiger partial charge on any atom is 0.214 e. The van der Waals surface area contributed by atoms with Crippen LogP contribution in [0.25, 0.3) is 0 Å². The minimum absolute atomic E-state index is 0.327. The molecular weight excluding hydrogens is 302 g/mol. The molecule has 0 aliphatic heterocycles. The molecule has 0 bridgehead atoms. The van der Waals surface area contributed by atoms with Gasteiger partial charge in [0.1, 0.15) is 11.2 Å². The van der Waals surface area contributed by atoms with E-state index in [2.05, 4.69) is 31.1 Å². The molecule has 0 aromatic carbocycles. The number of pyridine rings is 1. The molecule has 2 heterocycles. The summed E-state index contributed by atoms with van der Waals surface area (Å²) in [6.45, 7) is 0.327. The summed E-state index contributed by atoms with van der Waals surface area (Å²) < 4.78 is 6.54. The Hall–Kier alpha value is -0.720. The molecule has 4 nitrogen and oxygen atoms in total. The molecule has 7 heteroatoms. The third kappa shape index (κ3) is 3.12. The highest BCUT2D eigenvalue weighted by Gasteiger charge is 2.03. The van der Waals surface area contributed by atoms with E-state index in [0.717, 1.165) is 9.61 Å². The van der Waals surface area contributed by atoms with Gasteiger partial charge in [-0.25, -0.2) is 4.98 Å². The summed E-state index contributed by atoms with van der Waals surface area (Å²) in [6.07, 6.45) is 0. The number of aromatic nitrogens is 3. The van der Waals surface area contributed by atoms with E-state index in [4.69, 9.17) is 16.3 Å². The zero-order chi connectivity index (χ0) is 10.7. The number of halogens is 2. The monoisotopic (exact) mass is 305 g/mol. The van der Waals surface area contributed by atoms with Crippen molar-refractivity contribution in [3.8, 4) is 5.88 Å². The van der Waals surface area contributed by atoms with Crippen LogP contribution in [0.5, 0.6) is 5.88 Å². The third-order valence-electron chi connectivity index (χ3n) is 1.48. The Morgan fingerprint density at radius 2 is 2.27 bits per heavy atom. The highest BCUT2D eigenvalue weighted by atomic mass is 79.9. The average Bonchev–Trinajstić information content (AvgIpc) is 2.62. The summed E-state index contributed by atoms with van der Waals surface area (Å²) in [5.74, 6) is 0.538. The average molecular weight is 307 g/mol. The number of hydrogen-bond acceptors (Lipinski definition) is 5. The van der Waals surface area contributed by atoms with Crippen LogP contribution in [-0.2, 0) is 6.61 Å². The van der Waals surface area contributed by atoms with Crippen LogP contribution in [0, 0.1) is 0 Å². The first kappa shape index (κ1) is 10.8. The maximum atomic E-state index is 5.63. The minimum Gasteiger partial charge on any atom is -0.470 e. The highest BCUT2D eigenvalue weighted by molar-refractivity contribution is 9.10. The van der Waals surface area contributed by atoms with Crippen LogP contribution in [0.2, 0.25) is 4.47 Å². The molecule has 0 aliphatic carbocycles. The van der Waals surface area contributed by atoms with E-state index in [1.165, 1.54) is 11.3 Å². The fourth-order valence-corrected chi connectivity index (χ4v) is 2.01. The quantitative estimate of drug-likeness (QED) is 0.818. The lowest BCUT2D eigenvalue weighted by atomic mass is 10.5. The standard InChI is InChI=1S/C8H5BrClN3OS/c9-5-2-1-3-6(11-5)14-4-7-12-13-8(10)15-7/h1-3H,4H2. The molecule has 0 aliphatic rings. The lowest BCUT2D eigenvalue weighted by Gasteiger charge is -2.01. The second kappa shape index (κ2) is 4.87. The predicted molar refractivity (Wildman–Crippen MR) is 61.2 cm³/mol. The molecule has 0 spiro atoms. The zero-order valence-corrected chi connectivity index (χ0v) is 10.5. The van der Waals surface area contributed by atoms with Crippen molar-refractivity contribution in [1.29, 1.82) is 0 Å². The molecule has 0 atom stereocenters. The smallest absolute Gasteiger partial charge is 0.214 e. The van der Waals surface area contributed by atoms with E-state index in [9.17, 15) is 0 Å². The summed E-state index contributed by atoms with van der Waals surface area (Å²) in [5, 5.41) is 8.22. The maximum absolute atomic E-state index is 5.63. The molecule has 0 fully saturated rings. The van der Waals surface area contributed by atoms with E-state index in [-0.39, 0.29) is 0 Å². The van der Waals surface area contributed by atoms with Gasteiger partial charge in [-0.15, -0.1) is 10.2 Å². The van der Waals surface area contributed by atoms with Gasteiger partial charge in [-0.3, -0.25) is 0 Å². The van der Waals surface area contributed by atoms with Crippen molar-refractivity contribution < 1.29 is 4.74 Å². The van der Waals surface area contributed by atoms with E-state index >= 15 is 0 Å². The lowest BCUT2D eigenvalue weighted by Crippen LogP contribution is -1.96. The summed E-state index contributed by atoms with van der Waals surface area (Å²) in [7, 11) is 0. The Labute approximate surface area is 103 Å². The van der Waals surface area contributed by atoms with E-state index in [1.54, 1.807) is 6.07 Å². The molecule has 2 aromatic heterocycles. The van der Waals surface area contributed by atoms with Crippen LogP contribution in [-0.4, -0.2) is 15.2 Å². The van der Waals surface area contributed by atoms with Gasteiger partial charge < -0.3 is 4.74 Å². The number of ether oxygens (including phenoxy) is 1. The second-order valence-electron chi connectivity index (χ2n) is 2.54. The Kier molecular flexibility index (Phi) is 3.50. The van der Waals surface area contributed by atoms with Crippen molar-refractivity contribution in [3.05, 3.63) is 32.3 Å². The summed E-state index contributed by atoms with van der Waals surface area (Å²) in [4.78, 5) is 4.11. The molecule has 0 amide bonds. The molecule has 78 valence electrons. The van der Waals surface area contributed by atoms with Gasteiger partial charge in [0.15, 0.2) is 5.01 Å². The van der Waals surface area contributed by atoms with Gasteiger partial charge in [0.05, 0.1) is 0 Å². The van der Waals surface area contributed by atoms with Gasteiger partial charge >= 0.3 is 0 Å². The van der Waals surface area contributed by atoms with Crippen LogP contribution < -0.4 is 4.74 Å². The molecular formula is C8H5BrClN3OS. The fourth-order valence-electron chi connectivity index (χ4n) is 0.897. The molecule has 0 saturated heterocycles. The molecule has 0 saturated carbocycles. The van der Waals surface area contributed by atoms with Crippen LogP contribution >= 0.6 is 38.9 Å². The lowest BCUT2D eigenvalue weighted by molar-refractivity contribution is 0.292. The first-order valence-electron chi connectivity index (χ1n) is 3.97. The summed E-state index contributed by atoms with van der Waals surface area (Å²) >= 11 is 10.2. The van der Waals surface area contributed by atoms with Crippen molar-refractivity contribution in [2.24, 2.45) is 0 Å².